The number of benzene rings is 1. The van der Waals surface area contributed by atoms with E-state index >= 15 is 0 Å². The molecule has 3 saturated heterocycles. The Labute approximate surface area is 175 Å². The van der Waals surface area contributed by atoms with Crippen LogP contribution in [0.5, 0.6) is 5.75 Å². The first-order chi connectivity index (χ1) is 14.0. The molecular formula is C24H36N2O3. The number of rotatable bonds is 5. The van der Waals surface area contributed by atoms with Crippen LogP contribution in [-0.2, 0) is 9.53 Å². The molecule has 0 N–H and O–H groups in total. The van der Waals surface area contributed by atoms with Crippen molar-refractivity contribution < 1.29 is 14.3 Å². The summed E-state index contributed by atoms with van der Waals surface area (Å²) < 4.78 is 11.9. The fourth-order valence-electron chi connectivity index (χ4n) is 5.20. The first-order valence-electron chi connectivity index (χ1n) is 11.3. The molecule has 1 spiro atoms. The maximum Gasteiger partial charge on any atom is 0.260 e. The Morgan fingerprint density at radius 1 is 1.21 bits per heavy atom. The Bertz CT molecular complexity index is 682. The van der Waals surface area contributed by atoms with Gasteiger partial charge in [0.2, 0.25) is 0 Å². The summed E-state index contributed by atoms with van der Waals surface area (Å²) in [6.45, 7) is 10.6. The first-order valence-corrected chi connectivity index (χ1v) is 11.3. The number of hydrogen-bond acceptors (Lipinski definition) is 4. The second kappa shape index (κ2) is 9.05. The second-order valence-corrected chi connectivity index (χ2v) is 9.63. The van der Waals surface area contributed by atoms with Crippen LogP contribution in [0.2, 0.25) is 0 Å². The molecular weight excluding hydrogens is 364 g/mol. The van der Waals surface area contributed by atoms with E-state index in [1.54, 1.807) is 0 Å². The number of likely N-dealkylation sites (tertiary alicyclic amines) is 2. The molecule has 5 heteroatoms. The van der Waals surface area contributed by atoms with Gasteiger partial charge in [0, 0.05) is 26.2 Å². The second-order valence-electron chi connectivity index (χ2n) is 9.63. The van der Waals surface area contributed by atoms with Crippen molar-refractivity contribution in [2.75, 3.05) is 45.9 Å². The molecule has 0 radical (unpaired) electrons. The molecule has 3 heterocycles. The fourth-order valence-corrected chi connectivity index (χ4v) is 5.20. The number of amides is 1. The van der Waals surface area contributed by atoms with Crippen molar-refractivity contribution in [2.45, 2.75) is 52.1 Å². The van der Waals surface area contributed by atoms with Crippen molar-refractivity contribution >= 4 is 5.91 Å². The van der Waals surface area contributed by atoms with Gasteiger partial charge in [-0.25, -0.2) is 0 Å². The van der Waals surface area contributed by atoms with Gasteiger partial charge in [-0.05, 0) is 69.0 Å². The minimum absolute atomic E-state index is 0.0956. The zero-order chi connectivity index (χ0) is 20.3. The molecule has 3 aliphatic heterocycles. The highest BCUT2D eigenvalue weighted by Crippen LogP contribution is 2.42. The molecule has 160 valence electrons. The van der Waals surface area contributed by atoms with Crippen LogP contribution in [0.15, 0.2) is 24.3 Å². The number of nitrogens with zero attached hydrogens (tertiary/aromatic N) is 2. The quantitative estimate of drug-likeness (QED) is 0.759. The van der Waals surface area contributed by atoms with Crippen molar-refractivity contribution in [2.24, 2.45) is 11.3 Å². The number of carbonyl (C=O) groups is 1. The monoisotopic (exact) mass is 400 g/mol. The molecule has 1 amide bonds. The van der Waals surface area contributed by atoms with Crippen LogP contribution in [0, 0.1) is 18.3 Å². The number of ether oxygens (including phenoxy) is 2. The van der Waals surface area contributed by atoms with Gasteiger partial charge in [-0.1, -0.05) is 24.6 Å². The Hall–Kier alpha value is -1.59. The Morgan fingerprint density at radius 3 is 2.69 bits per heavy atom. The van der Waals surface area contributed by atoms with Crippen molar-refractivity contribution in [1.29, 1.82) is 0 Å². The van der Waals surface area contributed by atoms with E-state index in [1.165, 1.54) is 31.5 Å². The van der Waals surface area contributed by atoms with Crippen LogP contribution in [0.1, 0.15) is 44.6 Å². The summed E-state index contributed by atoms with van der Waals surface area (Å²) in [4.78, 5) is 17.1. The fraction of sp³-hybridized carbons (Fsp3) is 0.708. The summed E-state index contributed by atoms with van der Waals surface area (Å²) in [5.41, 5.74) is 1.47. The van der Waals surface area contributed by atoms with Gasteiger partial charge in [-0.15, -0.1) is 0 Å². The van der Waals surface area contributed by atoms with E-state index in [0.717, 1.165) is 57.2 Å². The highest BCUT2D eigenvalue weighted by molar-refractivity contribution is 5.77. The van der Waals surface area contributed by atoms with Gasteiger partial charge in [0.1, 0.15) is 5.75 Å². The topological polar surface area (TPSA) is 42.0 Å². The minimum Gasteiger partial charge on any atom is -0.484 e. The summed E-state index contributed by atoms with van der Waals surface area (Å²) in [7, 11) is 0. The normalized spacial score (nSPS) is 27.3. The third kappa shape index (κ3) is 5.32. The summed E-state index contributed by atoms with van der Waals surface area (Å²) in [5, 5.41) is 0. The number of hydrogen-bond donors (Lipinski definition) is 0. The minimum atomic E-state index is 0.0956. The van der Waals surface area contributed by atoms with E-state index in [1.807, 2.05) is 36.1 Å². The predicted molar refractivity (Wildman–Crippen MR) is 114 cm³/mol. The van der Waals surface area contributed by atoms with Crippen LogP contribution < -0.4 is 4.74 Å². The highest BCUT2D eigenvalue weighted by atomic mass is 16.5. The van der Waals surface area contributed by atoms with E-state index in [4.69, 9.17) is 9.47 Å². The average Bonchev–Trinajstić information content (AvgIpc) is 3.10. The maximum atomic E-state index is 12.6. The van der Waals surface area contributed by atoms with Crippen LogP contribution >= 0.6 is 0 Å². The number of aryl methyl sites for hydroxylation is 1. The van der Waals surface area contributed by atoms with Crippen molar-refractivity contribution in [3.8, 4) is 5.75 Å². The van der Waals surface area contributed by atoms with Gasteiger partial charge in [0.25, 0.3) is 5.91 Å². The Morgan fingerprint density at radius 2 is 1.97 bits per heavy atom. The van der Waals surface area contributed by atoms with E-state index in [0.29, 0.717) is 6.10 Å². The molecule has 3 aliphatic rings. The molecule has 29 heavy (non-hydrogen) atoms. The molecule has 1 aromatic rings. The lowest BCUT2D eigenvalue weighted by atomic mass is 9.76. The summed E-state index contributed by atoms with van der Waals surface area (Å²) in [6.07, 6.45) is 6.31. The number of carbonyl (C=O) groups excluding carboxylic acids is 1. The largest absolute Gasteiger partial charge is 0.484 e. The molecule has 1 aromatic carbocycles. The van der Waals surface area contributed by atoms with Crippen LogP contribution in [0.3, 0.4) is 0 Å². The summed E-state index contributed by atoms with van der Waals surface area (Å²) >= 11 is 0. The zero-order valence-electron chi connectivity index (χ0n) is 18.1. The Kier molecular flexibility index (Phi) is 6.45. The van der Waals surface area contributed by atoms with E-state index in [2.05, 4.69) is 11.8 Å². The zero-order valence-corrected chi connectivity index (χ0v) is 18.1. The molecule has 2 unspecified atom stereocenters. The summed E-state index contributed by atoms with van der Waals surface area (Å²) in [6, 6.07) is 7.86. The van der Waals surface area contributed by atoms with Crippen LogP contribution in [-0.4, -0.2) is 67.7 Å². The molecule has 3 fully saturated rings. The SMILES string of the molecule is Cc1ccc(OCC(=O)N2CCC3(CC2)COC(CN2CCCC(C)C2)C3)cc1. The lowest BCUT2D eigenvalue weighted by Gasteiger charge is -2.38. The highest BCUT2D eigenvalue weighted by Gasteiger charge is 2.43. The van der Waals surface area contributed by atoms with Gasteiger partial charge in [0.15, 0.2) is 6.61 Å². The summed E-state index contributed by atoms with van der Waals surface area (Å²) in [5.74, 6) is 1.67. The lowest BCUT2D eigenvalue weighted by molar-refractivity contribution is -0.135. The smallest absolute Gasteiger partial charge is 0.260 e. The predicted octanol–water partition coefficient (Wildman–Crippen LogP) is 3.50. The van der Waals surface area contributed by atoms with E-state index in [-0.39, 0.29) is 17.9 Å². The van der Waals surface area contributed by atoms with Crippen LogP contribution in [0.25, 0.3) is 0 Å². The lowest BCUT2D eigenvalue weighted by Crippen LogP contribution is -2.45. The van der Waals surface area contributed by atoms with Gasteiger partial charge >= 0.3 is 0 Å². The third-order valence-corrected chi connectivity index (χ3v) is 7.05. The van der Waals surface area contributed by atoms with E-state index in [9.17, 15) is 4.79 Å². The first kappa shape index (κ1) is 20.7. The molecule has 4 rings (SSSR count). The molecule has 0 saturated carbocycles. The average molecular weight is 401 g/mol. The van der Waals surface area contributed by atoms with E-state index < -0.39 is 0 Å². The molecule has 2 atom stereocenters. The third-order valence-electron chi connectivity index (χ3n) is 7.05. The van der Waals surface area contributed by atoms with Gasteiger partial charge < -0.3 is 19.3 Å². The van der Waals surface area contributed by atoms with Crippen molar-refractivity contribution in [3.63, 3.8) is 0 Å². The molecule has 0 aromatic heterocycles. The van der Waals surface area contributed by atoms with Gasteiger partial charge in [0.05, 0.1) is 12.7 Å². The molecule has 0 bridgehead atoms. The maximum absolute atomic E-state index is 12.6. The molecule has 0 aliphatic carbocycles. The van der Waals surface area contributed by atoms with Gasteiger partial charge in [-0.3, -0.25) is 4.79 Å². The van der Waals surface area contributed by atoms with Crippen LogP contribution in [0.4, 0.5) is 0 Å². The standard InChI is InChI=1S/C24H36N2O3/c1-19-5-7-21(8-6-19)28-17-23(27)26-12-9-24(10-13-26)14-22(29-18-24)16-25-11-3-4-20(2)15-25/h5-8,20,22H,3-4,9-18H2,1-2H3. The van der Waals surface area contributed by atoms with Gasteiger partial charge in [-0.2, -0.15) is 0 Å². The van der Waals surface area contributed by atoms with Crippen molar-refractivity contribution in [1.82, 2.24) is 9.80 Å². The molecule has 5 nitrogen and oxygen atoms in total. The Balaban J connectivity index is 1.20. The van der Waals surface area contributed by atoms with Crippen molar-refractivity contribution in [3.05, 3.63) is 29.8 Å². The number of piperidine rings is 2.